The van der Waals surface area contributed by atoms with Gasteiger partial charge in [0, 0.05) is 11.6 Å². The number of nitrogens with two attached hydrogens (primary N) is 1. The molecule has 0 aliphatic carbocycles. The van der Waals surface area contributed by atoms with Gasteiger partial charge < -0.3 is 24.4 Å². The van der Waals surface area contributed by atoms with E-state index in [9.17, 15) is 10.1 Å². The smallest absolute Gasteiger partial charge is 0.343 e. The molecular weight excluding hydrogens is 408 g/mol. The first-order valence-electron chi connectivity index (χ1n) is 8.82. The average Bonchev–Trinajstić information content (AvgIpc) is 3.27. The highest BCUT2D eigenvalue weighted by molar-refractivity contribution is 6.32. The minimum absolute atomic E-state index is 0.0307. The van der Waals surface area contributed by atoms with E-state index in [0.29, 0.717) is 27.8 Å². The van der Waals surface area contributed by atoms with Crippen LogP contribution in [0, 0.1) is 11.3 Å². The molecule has 0 radical (unpaired) electrons. The Morgan fingerprint density at radius 2 is 2.07 bits per heavy atom. The number of hydrogen-bond acceptors (Lipinski definition) is 7. The molecule has 0 saturated carbocycles. The number of allylic oxidation sites excluding steroid dienone is 1. The Labute approximate surface area is 176 Å². The number of ether oxygens (including phenoxy) is 3. The van der Waals surface area contributed by atoms with Crippen LogP contribution < -0.4 is 19.9 Å². The number of esters is 1. The molecule has 1 aromatic heterocycles. The van der Waals surface area contributed by atoms with Gasteiger partial charge in [0.05, 0.1) is 29.9 Å². The first kappa shape index (κ1) is 19.4. The molecule has 0 saturated heterocycles. The Kier molecular flexibility index (Phi) is 5.09. The fourth-order valence-electron chi connectivity index (χ4n) is 3.21. The minimum atomic E-state index is -0.598. The van der Waals surface area contributed by atoms with Crippen molar-refractivity contribution in [2.45, 2.75) is 5.92 Å². The monoisotopic (exact) mass is 422 g/mol. The number of carbonyl (C=O) groups excluding carboxylic acids is 1. The van der Waals surface area contributed by atoms with Gasteiger partial charge in [0.15, 0.2) is 0 Å². The summed E-state index contributed by atoms with van der Waals surface area (Å²) in [6, 6.07) is 15.0. The predicted octanol–water partition coefficient (Wildman–Crippen LogP) is 4.38. The number of hydrogen-bond donors (Lipinski definition) is 1. The Morgan fingerprint density at radius 1 is 1.23 bits per heavy atom. The fraction of sp³-hybridized carbons (Fsp3) is 0.0909. The van der Waals surface area contributed by atoms with E-state index in [1.807, 2.05) is 0 Å². The highest BCUT2D eigenvalue weighted by atomic mass is 35.5. The maximum atomic E-state index is 12.5. The third-order valence-electron chi connectivity index (χ3n) is 4.62. The van der Waals surface area contributed by atoms with E-state index < -0.39 is 11.9 Å². The number of rotatable bonds is 4. The van der Waals surface area contributed by atoms with Crippen LogP contribution >= 0.6 is 11.6 Å². The van der Waals surface area contributed by atoms with Gasteiger partial charge in [-0.05, 0) is 36.4 Å². The molecule has 0 amide bonds. The van der Waals surface area contributed by atoms with E-state index in [4.69, 9.17) is 36.0 Å². The summed E-state index contributed by atoms with van der Waals surface area (Å²) in [6.45, 7) is 0. The van der Waals surface area contributed by atoms with Crippen molar-refractivity contribution < 1.29 is 23.4 Å². The molecule has 2 N–H and O–H groups in total. The van der Waals surface area contributed by atoms with Crippen LogP contribution in [-0.2, 0) is 0 Å². The van der Waals surface area contributed by atoms with Crippen LogP contribution in [0.1, 0.15) is 27.6 Å². The lowest BCUT2D eigenvalue weighted by Crippen LogP contribution is -2.21. The quantitative estimate of drug-likeness (QED) is 0.491. The molecule has 4 rings (SSSR count). The third kappa shape index (κ3) is 3.45. The topological polar surface area (TPSA) is 108 Å². The van der Waals surface area contributed by atoms with Crippen LogP contribution in [0.25, 0.3) is 0 Å². The summed E-state index contributed by atoms with van der Waals surface area (Å²) >= 11 is 6.07. The zero-order valence-electron chi connectivity index (χ0n) is 15.7. The van der Waals surface area contributed by atoms with E-state index in [-0.39, 0.29) is 22.8 Å². The third-order valence-corrected chi connectivity index (χ3v) is 4.91. The number of nitriles is 1. The van der Waals surface area contributed by atoms with Crippen molar-refractivity contribution in [2.75, 3.05) is 7.11 Å². The summed E-state index contributed by atoms with van der Waals surface area (Å²) in [6.07, 6.45) is 1.52. The van der Waals surface area contributed by atoms with Crippen LogP contribution in [-0.4, -0.2) is 13.1 Å². The van der Waals surface area contributed by atoms with E-state index in [0.717, 1.165) is 0 Å². The molecule has 1 unspecified atom stereocenters. The second-order valence-electron chi connectivity index (χ2n) is 6.38. The molecule has 1 atom stereocenters. The molecule has 30 heavy (non-hydrogen) atoms. The first-order chi connectivity index (χ1) is 14.5. The van der Waals surface area contributed by atoms with E-state index >= 15 is 0 Å². The Balaban J connectivity index is 1.64. The predicted molar refractivity (Wildman–Crippen MR) is 107 cm³/mol. The molecule has 1 aliphatic heterocycles. The van der Waals surface area contributed by atoms with Crippen LogP contribution in [0.5, 0.6) is 17.2 Å². The number of benzene rings is 2. The standard InChI is InChI=1S/C22H15ClN2O5/c1-27-17-7-4-12(9-16(17)23)22(26)29-13-5-6-14-19(10-13)30-21(25)15(11-24)20(14)18-3-2-8-28-18/h2-10,20H,25H2,1H3. The van der Waals surface area contributed by atoms with Crippen LogP contribution in [0.2, 0.25) is 5.02 Å². The van der Waals surface area contributed by atoms with Gasteiger partial charge >= 0.3 is 5.97 Å². The van der Waals surface area contributed by atoms with Crippen LogP contribution in [0.3, 0.4) is 0 Å². The highest BCUT2D eigenvalue weighted by Gasteiger charge is 2.32. The molecular formula is C22H15ClN2O5. The van der Waals surface area contributed by atoms with Crippen molar-refractivity contribution >= 4 is 17.6 Å². The second kappa shape index (κ2) is 7.85. The highest BCUT2D eigenvalue weighted by Crippen LogP contribution is 2.43. The molecule has 2 aromatic carbocycles. The van der Waals surface area contributed by atoms with Gasteiger partial charge in [-0.3, -0.25) is 0 Å². The van der Waals surface area contributed by atoms with E-state index in [1.54, 1.807) is 36.4 Å². The van der Waals surface area contributed by atoms with Gasteiger partial charge in [0.2, 0.25) is 5.88 Å². The van der Waals surface area contributed by atoms with Crippen molar-refractivity contribution in [3.05, 3.63) is 88.2 Å². The number of halogens is 1. The van der Waals surface area contributed by atoms with Crippen molar-refractivity contribution in [3.8, 4) is 23.3 Å². The molecule has 3 aromatic rings. The maximum absolute atomic E-state index is 12.5. The number of nitrogens with zero attached hydrogens (tertiary/aromatic N) is 1. The lowest BCUT2D eigenvalue weighted by Gasteiger charge is -2.25. The van der Waals surface area contributed by atoms with Gasteiger partial charge in [-0.2, -0.15) is 5.26 Å². The Morgan fingerprint density at radius 3 is 2.73 bits per heavy atom. The molecule has 150 valence electrons. The van der Waals surface area contributed by atoms with Gasteiger partial charge in [-0.25, -0.2) is 4.79 Å². The van der Waals surface area contributed by atoms with Gasteiger partial charge in [-0.15, -0.1) is 0 Å². The normalized spacial score (nSPS) is 15.0. The SMILES string of the molecule is COc1ccc(C(=O)Oc2ccc3c(c2)OC(N)=C(C#N)C3c2ccco2)cc1Cl. The summed E-state index contributed by atoms with van der Waals surface area (Å²) in [4.78, 5) is 12.5. The summed E-state index contributed by atoms with van der Waals surface area (Å²) < 4.78 is 21.6. The molecule has 2 heterocycles. The first-order valence-corrected chi connectivity index (χ1v) is 9.20. The molecule has 0 fully saturated rings. The minimum Gasteiger partial charge on any atom is -0.495 e. The number of furan rings is 1. The van der Waals surface area contributed by atoms with Gasteiger partial charge in [0.1, 0.15) is 34.7 Å². The van der Waals surface area contributed by atoms with E-state index in [1.165, 1.54) is 25.5 Å². The van der Waals surface area contributed by atoms with Gasteiger partial charge in [0.25, 0.3) is 0 Å². The summed E-state index contributed by atoms with van der Waals surface area (Å²) in [7, 11) is 1.49. The zero-order chi connectivity index (χ0) is 21.3. The number of fused-ring (bicyclic) bond motifs is 1. The number of carbonyl (C=O) groups is 1. The zero-order valence-corrected chi connectivity index (χ0v) is 16.5. The fourth-order valence-corrected chi connectivity index (χ4v) is 3.46. The number of methoxy groups -OCH3 is 1. The Bertz CT molecular complexity index is 1190. The lowest BCUT2D eigenvalue weighted by atomic mass is 9.87. The lowest BCUT2D eigenvalue weighted by molar-refractivity contribution is 0.0734. The largest absolute Gasteiger partial charge is 0.495 e. The van der Waals surface area contributed by atoms with Crippen molar-refractivity contribution in [1.82, 2.24) is 0 Å². The molecule has 1 aliphatic rings. The molecule has 0 spiro atoms. The van der Waals surface area contributed by atoms with Crippen LogP contribution in [0.4, 0.5) is 0 Å². The molecule has 8 heteroatoms. The second-order valence-corrected chi connectivity index (χ2v) is 6.79. The summed E-state index contributed by atoms with van der Waals surface area (Å²) in [5.41, 5.74) is 7.12. The summed E-state index contributed by atoms with van der Waals surface area (Å²) in [5.74, 6) is 0.476. The summed E-state index contributed by atoms with van der Waals surface area (Å²) in [5, 5.41) is 9.81. The van der Waals surface area contributed by atoms with Crippen molar-refractivity contribution in [3.63, 3.8) is 0 Å². The van der Waals surface area contributed by atoms with Crippen LogP contribution in [0.15, 0.2) is 70.7 Å². The van der Waals surface area contributed by atoms with E-state index in [2.05, 4.69) is 6.07 Å². The van der Waals surface area contributed by atoms with Gasteiger partial charge in [-0.1, -0.05) is 17.7 Å². The maximum Gasteiger partial charge on any atom is 0.343 e. The Hall–Kier alpha value is -3.89. The molecule has 0 bridgehead atoms. The van der Waals surface area contributed by atoms with Crippen molar-refractivity contribution in [1.29, 1.82) is 5.26 Å². The van der Waals surface area contributed by atoms with Crippen molar-refractivity contribution in [2.24, 2.45) is 5.73 Å². The average molecular weight is 423 g/mol. The molecule has 7 nitrogen and oxygen atoms in total.